The zero-order chi connectivity index (χ0) is 20.4. The molecule has 2 heterocycles. The molecule has 1 amide bonds. The van der Waals surface area contributed by atoms with Crippen LogP contribution in [-0.4, -0.2) is 34.0 Å². The number of carbonyl (C=O) groups is 1. The number of nitrogens with one attached hydrogen (secondary N) is 2. The number of hydrogen-bond acceptors (Lipinski definition) is 4. The van der Waals surface area contributed by atoms with Crippen molar-refractivity contribution in [1.82, 2.24) is 19.8 Å². The first-order chi connectivity index (χ1) is 14.0. The molecule has 29 heavy (non-hydrogen) atoms. The van der Waals surface area contributed by atoms with Gasteiger partial charge in [-0.25, -0.2) is 13.8 Å². The predicted octanol–water partition coefficient (Wildman–Crippen LogP) is 3.56. The standard InChI is InChI=1S/C21H19F2N5O/c1-24-12-19(29)27-10-11-28-18(13-27)26-20(14-2-4-15(22)5-3-14)21(28)25-17-8-6-16(23)7-9-17/h2-11,24-25H,12-13H2,1H3. The van der Waals surface area contributed by atoms with Crippen LogP contribution in [0, 0.1) is 11.6 Å². The maximum Gasteiger partial charge on any atom is 0.240 e. The number of imidazole rings is 1. The van der Waals surface area contributed by atoms with Gasteiger partial charge in [0.05, 0.1) is 13.1 Å². The van der Waals surface area contributed by atoms with Crippen LogP contribution in [-0.2, 0) is 11.3 Å². The number of fused-ring (bicyclic) bond motifs is 1. The molecule has 0 bridgehead atoms. The van der Waals surface area contributed by atoms with Crippen LogP contribution in [0.4, 0.5) is 20.3 Å². The molecule has 0 radical (unpaired) electrons. The lowest BCUT2D eigenvalue weighted by molar-refractivity contribution is -0.128. The second kappa shape index (κ2) is 7.84. The highest BCUT2D eigenvalue weighted by molar-refractivity contribution is 5.82. The van der Waals surface area contributed by atoms with Gasteiger partial charge in [0.2, 0.25) is 5.91 Å². The third kappa shape index (κ3) is 3.88. The summed E-state index contributed by atoms with van der Waals surface area (Å²) in [4.78, 5) is 18.5. The highest BCUT2D eigenvalue weighted by atomic mass is 19.1. The van der Waals surface area contributed by atoms with Crippen molar-refractivity contribution in [3.8, 4) is 11.3 Å². The van der Waals surface area contributed by atoms with E-state index in [0.29, 0.717) is 29.6 Å². The van der Waals surface area contributed by atoms with Crippen molar-refractivity contribution in [3.63, 3.8) is 0 Å². The Balaban J connectivity index is 1.75. The molecule has 1 aliphatic rings. The summed E-state index contributed by atoms with van der Waals surface area (Å²) in [6, 6.07) is 12.0. The average Bonchev–Trinajstić information content (AvgIpc) is 3.08. The number of halogens is 2. The third-order valence-electron chi connectivity index (χ3n) is 4.56. The summed E-state index contributed by atoms with van der Waals surface area (Å²) in [5.74, 6) is 0.558. The number of anilines is 2. The summed E-state index contributed by atoms with van der Waals surface area (Å²) in [7, 11) is 1.71. The minimum Gasteiger partial charge on any atom is -0.339 e. The van der Waals surface area contributed by atoms with Crippen molar-refractivity contribution < 1.29 is 13.6 Å². The molecule has 6 nitrogen and oxygen atoms in total. The smallest absolute Gasteiger partial charge is 0.240 e. The molecule has 0 atom stereocenters. The van der Waals surface area contributed by atoms with E-state index in [9.17, 15) is 13.6 Å². The van der Waals surface area contributed by atoms with Gasteiger partial charge in [0.25, 0.3) is 0 Å². The number of nitrogens with zero attached hydrogens (tertiary/aromatic N) is 3. The van der Waals surface area contributed by atoms with Gasteiger partial charge in [-0.3, -0.25) is 9.36 Å². The molecule has 1 aromatic heterocycles. The van der Waals surface area contributed by atoms with Crippen LogP contribution < -0.4 is 10.6 Å². The number of rotatable bonds is 5. The Morgan fingerprint density at radius 3 is 2.34 bits per heavy atom. The molecule has 0 spiro atoms. The van der Waals surface area contributed by atoms with E-state index in [-0.39, 0.29) is 24.1 Å². The van der Waals surface area contributed by atoms with Crippen LogP contribution in [0.15, 0.2) is 54.7 Å². The van der Waals surface area contributed by atoms with Crippen LogP contribution >= 0.6 is 0 Å². The average molecular weight is 395 g/mol. The fourth-order valence-corrected chi connectivity index (χ4v) is 3.13. The van der Waals surface area contributed by atoms with Crippen molar-refractivity contribution in [3.05, 3.63) is 72.2 Å². The van der Waals surface area contributed by atoms with E-state index >= 15 is 0 Å². The minimum absolute atomic E-state index is 0.0747. The molecule has 0 unspecified atom stereocenters. The zero-order valence-electron chi connectivity index (χ0n) is 15.7. The zero-order valence-corrected chi connectivity index (χ0v) is 15.7. The highest BCUT2D eigenvalue weighted by Gasteiger charge is 2.24. The lowest BCUT2D eigenvalue weighted by Crippen LogP contribution is -2.35. The van der Waals surface area contributed by atoms with Gasteiger partial charge in [0, 0.05) is 23.7 Å². The summed E-state index contributed by atoms with van der Waals surface area (Å²) in [6.45, 7) is 0.521. The predicted molar refractivity (Wildman–Crippen MR) is 107 cm³/mol. The Morgan fingerprint density at radius 2 is 1.69 bits per heavy atom. The molecule has 0 saturated heterocycles. The van der Waals surface area contributed by atoms with E-state index in [1.54, 1.807) is 48.6 Å². The fraction of sp³-hybridized carbons (Fsp3) is 0.143. The molecule has 2 aromatic carbocycles. The van der Waals surface area contributed by atoms with E-state index in [1.165, 1.54) is 24.3 Å². The molecule has 0 aliphatic carbocycles. The number of benzene rings is 2. The maximum atomic E-state index is 13.4. The Kier molecular flexibility index (Phi) is 5.09. The van der Waals surface area contributed by atoms with Gasteiger partial charge in [0.1, 0.15) is 29.0 Å². The molecular weight excluding hydrogens is 376 g/mol. The van der Waals surface area contributed by atoms with Gasteiger partial charge < -0.3 is 15.5 Å². The molecule has 1 aliphatic heterocycles. The molecule has 0 fully saturated rings. The van der Waals surface area contributed by atoms with Crippen molar-refractivity contribution in [2.24, 2.45) is 0 Å². The number of aromatic nitrogens is 2. The van der Waals surface area contributed by atoms with Gasteiger partial charge in [-0.05, 0) is 55.6 Å². The first kappa shape index (κ1) is 18.8. The first-order valence-electron chi connectivity index (χ1n) is 9.07. The van der Waals surface area contributed by atoms with Crippen LogP contribution in [0.2, 0.25) is 0 Å². The minimum atomic E-state index is -0.338. The van der Waals surface area contributed by atoms with Crippen LogP contribution in [0.1, 0.15) is 5.82 Å². The topological polar surface area (TPSA) is 62.2 Å². The second-order valence-electron chi connectivity index (χ2n) is 6.58. The lowest BCUT2D eigenvalue weighted by Gasteiger charge is -2.22. The van der Waals surface area contributed by atoms with E-state index in [0.717, 1.165) is 5.56 Å². The van der Waals surface area contributed by atoms with Gasteiger partial charge in [0.15, 0.2) is 0 Å². The van der Waals surface area contributed by atoms with Gasteiger partial charge in [-0.2, -0.15) is 0 Å². The number of hydrogen-bond donors (Lipinski definition) is 2. The lowest BCUT2D eigenvalue weighted by atomic mass is 10.1. The fourth-order valence-electron chi connectivity index (χ4n) is 3.13. The number of amides is 1. The molecule has 8 heteroatoms. The van der Waals surface area contributed by atoms with Gasteiger partial charge in [-0.1, -0.05) is 0 Å². The monoisotopic (exact) mass is 395 g/mol. The molecule has 3 aromatic rings. The largest absolute Gasteiger partial charge is 0.339 e. The summed E-state index contributed by atoms with van der Waals surface area (Å²) < 4.78 is 28.5. The second-order valence-corrected chi connectivity index (χ2v) is 6.58. The van der Waals surface area contributed by atoms with Crippen molar-refractivity contribution in [1.29, 1.82) is 0 Å². The van der Waals surface area contributed by atoms with Crippen molar-refractivity contribution in [2.75, 3.05) is 18.9 Å². The van der Waals surface area contributed by atoms with Crippen LogP contribution in [0.25, 0.3) is 17.5 Å². The highest BCUT2D eigenvalue weighted by Crippen LogP contribution is 2.33. The maximum absolute atomic E-state index is 13.4. The third-order valence-corrected chi connectivity index (χ3v) is 4.56. The summed E-state index contributed by atoms with van der Waals surface area (Å²) in [5.41, 5.74) is 2.01. The SMILES string of the molecule is CNCC(=O)N1C=Cn2c(nc(-c3ccc(F)cc3)c2Nc2ccc(F)cc2)C1. The van der Waals surface area contributed by atoms with E-state index in [2.05, 4.69) is 10.6 Å². The first-order valence-corrected chi connectivity index (χ1v) is 9.07. The molecular formula is C21H19F2N5O. The molecule has 0 saturated carbocycles. The van der Waals surface area contributed by atoms with Crippen LogP contribution in [0.5, 0.6) is 0 Å². The summed E-state index contributed by atoms with van der Waals surface area (Å²) in [5, 5.41) is 6.11. The summed E-state index contributed by atoms with van der Waals surface area (Å²) in [6.07, 6.45) is 3.44. The number of likely N-dealkylation sites (N-methyl/N-ethyl adjacent to an activating group) is 1. The molecule has 148 valence electrons. The van der Waals surface area contributed by atoms with E-state index in [1.807, 2.05) is 4.57 Å². The number of carbonyl (C=O) groups excluding carboxylic acids is 1. The van der Waals surface area contributed by atoms with Crippen molar-refractivity contribution in [2.45, 2.75) is 6.54 Å². The quantitative estimate of drug-likeness (QED) is 0.694. The van der Waals surface area contributed by atoms with E-state index in [4.69, 9.17) is 4.98 Å². The Bertz CT molecular complexity index is 1060. The Hall–Kier alpha value is -3.52. The Labute approximate surface area is 166 Å². The van der Waals surface area contributed by atoms with Crippen molar-refractivity contribution >= 4 is 23.6 Å². The normalized spacial score (nSPS) is 12.7. The molecule has 2 N–H and O–H groups in total. The summed E-state index contributed by atoms with van der Waals surface area (Å²) >= 11 is 0. The van der Waals surface area contributed by atoms with E-state index < -0.39 is 0 Å². The van der Waals surface area contributed by atoms with Crippen LogP contribution in [0.3, 0.4) is 0 Å². The van der Waals surface area contributed by atoms with Gasteiger partial charge in [-0.15, -0.1) is 0 Å². The molecule has 4 rings (SSSR count). The Morgan fingerprint density at radius 1 is 1.03 bits per heavy atom. The van der Waals surface area contributed by atoms with Gasteiger partial charge >= 0.3 is 0 Å².